The highest BCUT2D eigenvalue weighted by Gasteiger charge is 2.20. The third kappa shape index (κ3) is 5.83. The Bertz CT molecular complexity index is 239. The van der Waals surface area contributed by atoms with Crippen LogP contribution in [-0.2, 0) is 4.79 Å². The van der Waals surface area contributed by atoms with Gasteiger partial charge < -0.3 is 16.0 Å². The summed E-state index contributed by atoms with van der Waals surface area (Å²) in [5, 5.41) is 2.93. The molecule has 18 heavy (non-hydrogen) atoms. The van der Waals surface area contributed by atoms with Crippen LogP contribution >= 0.6 is 0 Å². The SMILES string of the molecule is CCN(C)CCNC(=O)C(N)CC1CCCCC1. The standard InChI is InChI=1S/C14H29N3O/c1-3-17(2)10-9-16-14(18)13(15)11-12-7-5-4-6-8-12/h12-13H,3-11,15H2,1-2H3,(H,16,18). The van der Waals surface area contributed by atoms with Crippen molar-refractivity contribution in [3.05, 3.63) is 0 Å². The van der Waals surface area contributed by atoms with Crippen LogP contribution in [0.3, 0.4) is 0 Å². The molecule has 0 aromatic carbocycles. The average Bonchev–Trinajstić information content (AvgIpc) is 2.39. The van der Waals surface area contributed by atoms with Gasteiger partial charge in [-0.3, -0.25) is 4.79 Å². The van der Waals surface area contributed by atoms with Crippen molar-refractivity contribution in [2.45, 2.75) is 51.5 Å². The topological polar surface area (TPSA) is 58.4 Å². The molecule has 0 saturated heterocycles. The van der Waals surface area contributed by atoms with Gasteiger partial charge in [0.05, 0.1) is 6.04 Å². The molecule has 1 rings (SSSR count). The number of carbonyl (C=O) groups excluding carboxylic acids is 1. The number of nitrogens with zero attached hydrogens (tertiary/aromatic N) is 1. The number of carbonyl (C=O) groups is 1. The van der Waals surface area contributed by atoms with Gasteiger partial charge in [0.25, 0.3) is 0 Å². The lowest BCUT2D eigenvalue weighted by atomic mass is 9.85. The molecule has 1 aliphatic carbocycles. The third-order valence-corrected chi connectivity index (χ3v) is 3.98. The zero-order chi connectivity index (χ0) is 13.4. The monoisotopic (exact) mass is 255 g/mol. The molecule has 0 aliphatic heterocycles. The van der Waals surface area contributed by atoms with Gasteiger partial charge in [-0.1, -0.05) is 39.0 Å². The molecule has 0 heterocycles. The predicted octanol–water partition coefficient (Wildman–Crippen LogP) is 1.35. The summed E-state index contributed by atoms with van der Waals surface area (Å²) < 4.78 is 0. The minimum absolute atomic E-state index is 0.0186. The highest BCUT2D eigenvalue weighted by molar-refractivity contribution is 5.81. The van der Waals surface area contributed by atoms with Crippen molar-refractivity contribution in [2.24, 2.45) is 11.7 Å². The van der Waals surface area contributed by atoms with E-state index in [1.54, 1.807) is 0 Å². The molecule has 0 aromatic rings. The van der Waals surface area contributed by atoms with Crippen LogP contribution in [0.15, 0.2) is 0 Å². The molecule has 0 radical (unpaired) electrons. The second-order valence-electron chi connectivity index (χ2n) is 5.53. The van der Waals surface area contributed by atoms with Crippen molar-refractivity contribution < 1.29 is 4.79 Å². The fourth-order valence-electron chi connectivity index (χ4n) is 2.55. The largest absolute Gasteiger partial charge is 0.353 e. The lowest BCUT2D eigenvalue weighted by Crippen LogP contribution is -2.44. The average molecular weight is 255 g/mol. The first-order chi connectivity index (χ1) is 8.63. The van der Waals surface area contributed by atoms with Gasteiger partial charge in [0.2, 0.25) is 5.91 Å². The summed E-state index contributed by atoms with van der Waals surface area (Å²) in [5.74, 6) is 0.683. The Morgan fingerprint density at radius 3 is 2.67 bits per heavy atom. The van der Waals surface area contributed by atoms with Crippen molar-refractivity contribution in [2.75, 3.05) is 26.7 Å². The molecule has 1 atom stereocenters. The predicted molar refractivity (Wildman–Crippen MR) is 75.3 cm³/mol. The summed E-state index contributed by atoms with van der Waals surface area (Å²) in [6.07, 6.45) is 7.32. The minimum Gasteiger partial charge on any atom is -0.353 e. The van der Waals surface area contributed by atoms with Gasteiger partial charge in [0.1, 0.15) is 0 Å². The molecule has 4 heteroatoms. The summed E-state index contributed by atoms with van der Waals surface area (Å²) in [4.78, 5) is 14.0. The van der Waals surface area contributed by atoms with Crippen LogP contribution in [0.5, 0.6) is 0 Å². The van der Waals surface area contributed by atoms with E-state index in [0.29, 0.717) is 12.5 Å². The molecular weight excluding hydrogens is 226 g/mol. The van der Waals surface area contributed by atoms with Crippen molar-refractivity contribution >= 4 is 5.91 Å². The van der Waals surface area contributed by atoms with Crippen LogP contribution in [0, 0.1) is 5.92 Å². The number of nitrogens with two attached hydrogens (primary N) is 1. The Hall–Kier alpha value is -0.610. The maximum absolute atomic E-state index is 11.8. The molecule has 1 aliphatic rings. The zero-order valence-electron chi connectivity index (χ0n) is 12.0. The minimum atomic E-state index is -0.319. The van der Waals surface area contributed by atoms with Crippen molar-refractivity contribution in [1.82, 2.24) is 10.2 Å². The molecule has 1 amide bonds. The Balaban J connectivity index is 2.15. The third-order valence-electron chi connectivity index (χ3n) is 3.98. The number of hydrogen-bond donors (Lipinski definition) is 2. The molecule has 1 unspecified atom stereocenters. The summed E-state index contributed by atoms with van der Waals surface area (Å²) in [6, 6.07) is -0.319. The maximum Gasteiger partial charge on any atom is 0.236 e. The van der Waals surface area contributed by atoms with Crippen LogP contribution in [0.4, 0.5) is 0 Å². The number of likely N-dealkylation sites (N-methyl/N-ethyl adjacent to an activating group) is 1. The molecule has 4 nitrogen and oxygen atoms in total. The molecule has 1 fully saturated rings. The number of amides is 1. The van der Waals surface area contributed by atoms with E-state index in [-0.39, 0.29) is 11.9 Å². The quantitative estimate of drug-likeness (QED) is 0.722. The second-order valence-corrected chi connectivity index (χ2v) is 5.53. The van der Waals surface area contributed by atoms with E-state index < -0.39 is 0 Å². The van der Waals surface area contributed by atoms with Gasteiger partial charge >= 0.3 is 0 Å². The summed E-state index contributed by atoms with van der Waals surface area (Å²) in [7, 11) is 2.05. The Morgan fingerprint density at radius 1 is 1.39 bits per heavy atom. The number of nitrogens with one attached hydrogen (secondary N) is 1. The number of rotatable bonds is 7. The van der Waals surface area contributed by atoms with Gasteiger partial charge in [0, 0.05) is 13.1 Å². The highest BCUT2D eigenvalue weighted by Crippen LogP contribution is 2.26. The van der Waals surface area contributed by atoms with Crippen molar-refractivity contribution in [3.8, 4) is 0 Å². The fraction of sp³-hybridized carbons (Fsp3) is 0.929. The fourth-order valence-corrected chi connectivity index (χ4v) is 2.55. The van der Waals surface area contributed by atoms with Crippen LogP contribution in [0.2, 0.25) is 0 Å². The van der Waals surface area contributed by atoms with E-state index in [1.165, 1.54) is 32.1 Å². The van der Waals surface area contributed by atoms with Gasteiger partial charge in [-0.05, 0) is 25.9 Å². The molecule has 3 N–H and O–H groups in total. The van der Waals surface area contributed by atoms with Gasteiger partial charge in [-0.2, -0.15) is 0 Å². The second kappa shape index (κ2) is 8.48. The summed E-state index contributed by atoms with van der Waals surface area (Å²) in [5.41, 5.74) is 5.97. The highest BCUT2D eigenvalue weighted by atomic mass is 16.2. The molecule has 0 bridgehead atoms. The summed E-state index contributed by atoms with van der Waals surface area (Å²) >= 11 is 0. The smallest absolute Gasteiger partial charge is 0.236 e. The molecule has 106 valence electrons. The Labute approximate surface area is 111 Å². The van der Waals surface area contributed by atoms with Gasteiger partial charge in [-0.25, -0.2) is 0 Å². The van der Waals surface area contributed by atoms with E-state index in [2.05, 4.69) is 17.1 Å². The first-order valence-electron chi connectivity index (χ1n) is 7.35. The number of hydrogen-bond acceptors (Lipinski definition) is 3. The van der Waals surface area contributed by atoms with E-state index in [9.17, 15) is 4.79 Å². The lowest BCUT2D eigenvalue weighted by Gasteiger charge is -2.24. The van der Waals surface area contributed by atoms with Crippen LogP contribution in [0.1, 0.15) is 45.4 Å². The van der Waals surface area contributed by atoms with E-state index >= 15 is 0 Å². The lowest BCUT2D eigenvalue weighted by molar-refractivity contribution is -0.122. The zero-order valence-corrected chi connectivity index (χ0v) is 12.0. The van der Waals surface area contributed by atoms with Crippen LogP contribution in [-0.4, -0.2) is 43.5 Å². The van der Waals surface area contributed by atoms with Gasteiger partial charge in [0.15, 0.2) is 0 Å². The van der Waals surface area contributed by atoms with Crippen molar-refractivity contribution in [3.63, 3.8) is 0 Å². The van der Waals surface area contributed by atoms with E-state index in [1.807, 2.05) is 7.05 Å². The van der Waals surface area contributed by atoms with Crippen LogP contribution < -0.4 is 11.1 Å². The molecule has 1 saturated carbocycles. The Morgan fingerprint density at radius 2 is 2.06 bits per heavy atom. The van der Waals surface area contributed by atoms with E-state index in [4.69, 9.17) is 5.73 Å². The maximum atomic E-state index is 11.8. The first kappa shape index (κ1) is 15.4. The molecule has 0 aromatic heterocycles. The van der Waals surface area contributed by atoms with Gasteiger partial charge in [-0.15, -0.1) is 0 Å². The van der Waals surface area contributed by atoms with E-state index in [0.717, 1.165) is 19.5 Å². The first-order valence-corrected chi connectivity index (χ1v) is 7.35. The normalized spacial score (nSPS) is 18.9. The Kier molecular flexibility index (Phi) is 7.28. The van der Waals surface area contributed by atoms with Crippen molar-refractivity contribution in [1.29, 1.82) is 0 Å². The molecule has 0 spiro atoms. The summed E-state index contributed by atoms with van der Waals surface area (Å²) in [6.45, 7) is 4.69. The molecular formula is C14H29N3O. The van der Waals surface area contributed by atoms with Crippen LogP contribution in [0.25, 0.3) is 0 Å².